The van der Waals surface area contributed by atoms with E-state index in [0.717, 1.165) is 23.9 Å². The van der Waals surface area contributed by atoms with Crippen LogP contribution in [0.4, 0.5) is 5.69 Å². The number of carbonyl (C=O) groups excluding carboxylic acids is 1. The zero-order valence-electron chi connectivity index (χ0n) is 11.6. The van der Waals surface area contributed by atoms with Crippen molar-refractivity contribution in [3.05, 3.63) is 64.1 Å². The van der Waals surface area contributed by atoms with Crippen LogP contribution in [0.5, 0.6) is 0 Å². The minimum absolute atomic E-state index is 0.0140. The Morgan fingerprint density at radius 3 is 2.71 bits per heavy atom. The van der Waals surface area contributed by atoms with E-state index in [9.17, 15) is 4.79 Å². The number of hydrogen-bond donors (Lipinski definition) is 1. The second-order valence-electron chi connectivity index (χ2n) is 5.30. The molecule has 3 nitrogen and oxygen atoms in total. The maximum absolute atomic E-state index is 12.8. The van der Waals surface area contributed by atoms with Gasteiger partial charge in [0, 0.05) is 16.7 Å². The summed E-state index contributed by atoms with van der Waals surface area (Å²) in [5, 5.41) is 0. The molecule has 1 aliphatic heterocycles. The Labute approximate surface area is 132 Å². The largest absolute Gasteiger partial charge is 0.398 e. The van der Waals surface area contributed by atoms with Gasteiger partial charge in [0.1, 0.15) is 0 Å². The van der Waals surface area contributed by atoms with Crippen LogP contribution in [-0.4, -0.2) is 17.4 Å². The number of halogens is 1. The van der Waals surface area contributed by atoms with Crippen molar-refractivity contribution >= 4 is 27.5 Å². The van der Waals surface area contributed by atoms with Gasteiger partial charge in [0.15, 0.2) is 0 Å². The zero-order chi connectivity index (χ0) is 14.8. The first-order valence-corrected chi connectivity index (χ1v) is 7.87. The van der Waals surface area contributed by atoms with Crippen molar-refractivity contribution in [1.29, 1.82) is 0 Å². The summed E-state index contributed by atoms with van der Waals surface area (Å²) in [6.07, 6.45) is 2.03. The molecule has 0 aromatic heterocycles. The number of carbonyl (C=O) groups is 1. The first kappa shape index (κ1) is 14.1. The number of rotatable bonds is 2. The molecule has 1 atom stereocenters. The standard InChI is InChI=1S/C17H17BrN2O/c18-13-8-9-15(19)14(11-13)17(21)20-10-4-7-16(20)12-5-2-1-3-6-12/h1-3,5-6,8-9,11,16H,4,7,10,19H2. The van der Waals surface area contributed by atoms with Crippen LogP contribution < -0.4 is 5.73 Å². The van der Waals surface area contributed by atoms with Crippen molar-refractivity contribution in [2.45, 2.75) is 18.9 Å². The van der Waals surface area contributed by atoms with E-state index in [-0.39, 0.29) is 11.9 Å². The molecular formula is C17H17BrN2O. The quantitative estimate of drug-likeness (QED) is 0.836. The highest BCUT2D eigenvalue weighted by atomic mass is 79.9. The molecule has 4 heteroatoms. The normalized spacial score (nSPS) is 18.0. The van der Waals surface area contributed by atoms with E-state index in [1.54, 1.807) is 12.1 Å². The highest BCUT2D eigenvalue weighted by Crippen LogP contribution is 2.34. The molecule has 0 spiro atoms. The summed E-state index contributed by atoms with van der Waals surface area (Å²) in [5.74, 6) is 0.0140. The Bertz CT molecular complexity index is 657. The van der Waals surface area contributed by atoms with Crippen LogP contribution in [-0.2, 0) is 0 Å². The molecule has 108 valence electrons. The molecule has 2 N–H and O–H groups in total. The minimum atomic E-state index is 0.0140. The van der Waals surface area contributed by atoms with Gasteiger partial charge in [0.05, 0.1) is 11.6 Å². The van der Waals surface area contributed by atoms with E-state index in [1.165, 1.54) is 5.56 Å². The van der Waals surface area contributed by atoms with Crippen molar-refractivity contribution < 1.29 is 4.79 Å². The molecule has 21 heavy (non-hydrogen) atoms. The van der Waals surface area contributed by atoms with E-state index in [4.69, 9.17) is 5.73 Å². The van der Waals surface area contributed by atoms with Gasteiger partial charge in [-0.05, 0) is 36.6 Å². The average molecular weight is 345 g/mol. The van der Waals surface area contributed by atoms with Gasteiger partial charge in [-0.2, -0.15) is 0 Å². The number of likely N-dealkylation sites (tertiary alicyclic amines) is 1. The van der Waals surface area contributed by atoms with E-state index in [0.29, 0.717) is 11.3 Å². The highest BCUT2D eigenvalue weighted by Gasteiger charge is 2.31. The smallest absolute Gasteiger partial charge is 0.256 e. The molecule has 1 heterocycles. The van der Waals surface area contributed by atoms with Crippen molar-refractivity contribution in [1.82, 2.24) is 4.90 Å². The molecule has 2 aromatic carbocycles. The van der Waals surface area contributed by atoms with Crippen LogP contribution in [0.2, 0.25) is 0 Å². The van der Waals surface area contributed by atoms with E-state index in [1.807, 2.05) is 29.2 Å². The number of nitrogens with zero attached hydrogens (tertiary/aromatic N) is 1. The van der Waals surface area contributed by atoms with Gasteiger partial charge in [-0.15, -0.1) is 0 Å². The number of hydrogen-bond acceptors (Lipinski definition) is 2. The Morgan fingerprint density at radius 2 is 1.95 bits per heavy atom. The summed E-state index contributed by atoms with van der Waals surface area (Å²) in [7, 11) is 0. The van der Waals surface area contributed by atoms with Gasteiger partial charge >= 0.3 is 0 Å². The third kappa shape index (κ3) is 2.81. The minimum Gasteiger partial charge on any atom is -0.398 e. The Balaban J connectivity index is 1.92. The summed E-state index contributed by atoms with van der Waals surface area (Å²) in [5.41, 5.74) is 8.27. The zero-order valence-corrected chi connectivity index (χ0v) is 13.2. The molecule has 3 rings (SSSR count). The predicted molar refractivity (Wildman–Crippen MR) is 88.0 cm³/mol. The lowest BCUT2D eigenvalue weighted by Gasteiger charge is -2.25. The van der Waals surface area contributed by atoms with Gasteiger partial charge in [-0.25, -0.2) is 0 Å². The Hall–Kier alpha value is -1.81. The van der Waals surface area contributed by atoms with Crippen LogP contribution in [0.25, 0.3) is 0 Å². The molecule has 0 aliphatic carbocycles. The Morgan fingerprint density at radius 1 is 1.19 bits per heavy atom. The predicted octanol–water partition coefficient (Wildman–Crippen LogP) is 4.01. The number of amides is 1. The van der Waals surface area contributed by atoms with Gasteiger partial charge in [-0.3, -0.25) is 4.79 Å². The van der Waals surface area contributed by atoms with Gasteiger partial charge in [0.2, 0.25) is 0 Å². The first-order chi connectivity index (χ1) is 10.2. The van der Waals surface area contributed by atoms with Crippen LogP contribution >= 0.6 is 15.9 Å². The van der Waals surface area contributed by atoms with Gasteiger partial charge in [-0.1, -0.05) is 46.3 Å². The van der Waals surface area contributed by atoms with Crippen LogP contribution in [0.3, 0.4) is 0 Å². The monoisotopic (exact) mass is 344 g/mol. The topological polar surface area (TPSA) is 46.3 Å². The lowest BCUT2D eigenvalue weighted by molar-refractivity contribution is 0.0736. The maximum atomic E-state index is 12.8. The van der Waals surface area contributed by atoms with Crippen LogP contribution in [0.1, 0.15) is 34.8 Å². The lowest BCUT2D eigenvalue weighted by atomic mass is 10.0. The van der Waals surface area contributed by atoms with Crippen molar-refractivity contribution in [2.75, 3.05) is 12.3 Å². The maximum Gasteiger partial charge on any atom is 0.256 e. The molecule has 1 unspecified atom stereocenters. The first-order valence-electron chi connectivity index (χ1n) is 7.08. The molecule has 0 bridgehead atoms. The highest BCUT2D eigenvalue weighted by molar-refractivity contribution is 9.10. The third-order valence-corrected chi connectivity index (χ3v) is 4.44. The fourth-order valence-electron chi connectivity index (χ4n) is 2.90. The number of nitrogens with two attached hydrogens (primary N) is 1. The fraction of sp³-hybridized carbons (Fsp3) is 0.235. The van der Waals surface area contributed by atoms with Gasteiger partial charge in [0.25, 0.3) is 5.91 Å². The fourth-order valence-corrected chi connectivity index (χ4v) is 3.26. The Kier molecular flexibility index (Phi) is 3.97. The number of nitrogen functional groups attached to an aromatic ring is 1. The van der Waals surface area contributed by atoms with Crippen molar-refractivity contribution in [3.63, 3.8) is 0 Å². The molecule has 1 saturated heterocycles. The second kappa shape index (κ2) is 5.90. The molecule has 1 amide bonds. The molecule has 1 aliphatic rings. The van der Waals surface area contributed by atoms with Crippen molar-refractivity contribution in [2.24, 2.45) is 0 Å². The van der Waals surface area contributed by atoms with E-state index in [2.05, 4.69) is 28.1 Å². The van der Waals surface area contributed by atoms with E-state index >= 15 is 0 Å². The summed E-state index contributed by atoms with van der Waals surface area (Å²) < 4.78 is 0.871. The van der Waals surface area contributed by atoms with Crippen molar-refractivity contribution in [3.8, 4) is 0 Å². The number of anilines is 1. The van der Waals surface area contributed by atoms with Crippen LogP contribution in [0, 0.1) is 0 Å². The van der Waals surface area contributed by atoms with Gasteiger partial charge < -0.3 is 10.6 Å². The summed E-state index contributed by atoms with van der Waals surface area (Å²) >= 11 is 3.41. The molecule has 2 aromatic rings. The average Bonchev–Trinajstić information content (AvgIpc) is 2.99. The SMILES string of the molecule is Nc1ccc(Br)cc1C(=O)N1CCCC1c1ccccc1. The second-order valence-corrected chi connectivity index (χ2v) is 6.21. The molecule has 1 fully saturated rings. The van der Waals surface area contributed by atoms with E-state index < -0.39 is 0 Å². The third-order valence-electron chi connectivity index (χ3n) is 3.94. The number of benzene rings is 2. The van der Waals surface area contributed by atoms with Crippen LogP contribution in [0.15, 0.2) is 53.0 Å². The molecular weight excluding hydrogens is 328 g/mol. The summed E-state index contributed by atoms with van der Waals surface area (Å²) in [6.45, 7) is 0.782. The summed E-state index contributed by atoms with van der Waals surface area (Å²) in [6, 6.07) is 15.8. The molecule has 0 saturated carbocycles. The lowest BCUT2D eigenvalue weighted by Crippen LogP contribution is -2.31. The summed E-state index contributed by atoms with van der Waals surface area (Å²) in [4.78, 5) is 14.8. The molecule has 0 radical (unpaired) electrons.